The quantitative estimate of drug-likeness (QED) is 0.762. The number of esters is 1. The first kappa shape index (κ1) is 16.7. The molecule has 114 valence electrons. The van der Waals surface area contributed by atoms with Gasteiger partial charge in [-0.05, 0) is 26.0 Å². The maximum absolute atomic E-state index is 12.1. The third-order valence-electron chi connectivity index (χ3n) is 2.79. The fraction of sp³-hybridized carbons (Fsp3) is 0.400. The second-order valence-electron chi connectivity index (χ2n) is 4.56. The van der Waals surface area contributed by atoms with Gasteiger partial charge in [0, 0.05) is 12.5 Å². The normalized spacial score (nSPS) is 12.9. The van der Waals surface area contributed by atoms with Crippen LogP contribution in [0.1, 0.15) is 31.1 Å². The lowest BCUT2D eigenvalue weighted by atomic mass is 10.1. The zero-order chi connectivity index (χ0) is 15.8. The molecule has 0 fully saturated rings. The Morgan fingerprint density at radius 2 is 1.76 bits per heavy atom. The molecular weight excluding hydrogens is 272 g/mol. The van der Waals surface area contributed by atoms with Gasteiger partial charge in [-0.2, -0.15) is 0 Å². The van der Waals surface area contributed by atoms with Gasteiger partial charge in [-0.15, -0.1) is 0 Å². The number of carbonyl (C=O) groups excluding carboxylic acids is 3. The molecule has 0 unspecified atom stereocenters. The molecule has 0 aliphatic carbocycles. The van der Waals surface area contributed by atoms with E-state index in [2.05, 4.69) is 10.6 Å². The van der Waals surface area contributed by atoms with Crippen molar-refractivity contribution in [2.24, 2.45) is 0 Å². The van der Waals surface area contributed by atoms with Gasteiger partial charge >= 0.3 is 5.97 Å². The van der Waals surface area contributed by atoms with Crippen LogP contribution in [0.4, 0.5) is 0 Å². The first-order chi connectivity index (χ1) is 9.95. The molecule has 0 saturated carbocycles. The van der Waals surface area contributed by atoms with Crippen LogP contribution in [0.2, 0.25) is 0 Å². The van der Waals surface area contributed by atoms with Crippen molar-refractivity contribution in [3.63, 3.8) is 0 Å². The Balaban J connectivity index is 2.84. The number of ether oxygens (including phenoxy) is 1. The summed E-state index contributed by atoms with van der Waals surface area (Å²) >= 11 is 0. The highest BCUT2D eigenvalue weighted by atomic mass is 16.5. The summed E-state index contributed by atoms with van der Waals surface area (Å²) in [5.41, 5.74) is 0.432. The number of amides is 2. The van der Waals surface area contributed by atoms with Crippen LogP contribution in [0, 0.1) is 0 Å². The lowest BCUT2D eigenvalue weighted by Gasteiger charge is -2.23. The van der Waals surface area contributed by atoms with E-state index in [1.54, 1.807) is 44.2 Å². The molecule has 0 saturated heterocycles. The Kier molecular flexibility index (Phi) is 6.39. The summed E-state index contributed by atoms with van der Waals surface area (Å²) in [6.45, 7) is 4.85. The fourth-order valence-electron chi connectivity index (χ4n) is 1.84. The molecule has 6 nitrogen and oxygen atoms in total. The Morgan fingerprint density at radius 1 is 1.14 bits per heavy atom. The standard InChI is InChI=1S/C15H20N2O4/c1-4-21-15(20)13(10(2)16-11(3)18)17-14(19)12-8-6-5-7-9-12/h5-10,13H,4H2,1-3H3,(H,16,18)(H,17,19)/t10-,13+/m1/s1. The number of hydrogen-bond donors (Lipinski definition) is 2. The van der Waals surface area contributed by atoms with E-state index in [9.17, 15) is 14.4 Å². The first-order valence-corrected chi connectivity index (χ1v) is 6.75. The van der Waals surface area contributed by atoms with Crippen LogP contribution >= 0.6 is 0 Å². The van der Waals surface area contributed by atoms with Crippen LogP contribution in [-0.2, 0) is 14.3 Å². The average molecular weight is 292 g/mol. The predicted octanol–water partition coefficient (Wildman–Crippen LogP) is 0.873. The first-order valence-electron chi connectivity index (χ1n) is 6.75. The van der Waals surface area contributed by atoms with Crippen molar-refractivity contribution in [1.82, 2.24) is 10.6 Å². The van der Waals surface area contributed by atoms with Crippen molar-refractivity contribution in [2.45, 2.75) is 32.9 Å². The van der Waals surface area contributed by atoms with Crippen LogP contribution < -0.4 is 10.6 Å². The van der Waals surface area contributed by atoms with Gasteiger partial charge in [-0.1, -0.05) is 18.2 Å². The second-order valence-corrected chi connectivity index (χ2v) is 4.56. The van der Waals surface area contributed by atoms with Gasteiger partial charge in [0.05, 0.1) is 12.6 Å². The van der Waals surface area contributed by atoms with Crippen LogP contribution in [0.5, 0.6) is 0 Å². The maximum atomic E-state index is 12.1. The van der Waals surface area contributed by atoms with Crippen molar-refractivity contribution < 1.29 is 19.1 Å². The molecule has 2 N–H and O–H groups in total. The van der Waals surface area contributed by atoms with Gasteiger partial charge < -0.3 is 15.4 Å². The highest BCUT2D eigenvalue weighted by Crippen LogP contribution is 2.03. The Bertz CT molecular complexity index is 502. The van der Waals surface area contributed by atoms with Gasteiger partial charge in [0.25, 0.3) is 5.91 Å². The van der Waals surface area contributed by atoms with Crippen molar-refractivity contribution in [1.29, 1.82) is 0 Å². The van der Waals surface area contributed by atoms with Gasteiger partial charge in [0.2, 0.25) is 5.91 Å². The van der Waals surface area contributed by atoms with Crippen LogP contribution in [-0.4, -0.2) is 36.5 Å². The molecule has 0 aliphatic rings. The van der Waals surface area contributed by atoms with Gasteiger partial charge in [-0.3, -0.25) is 9.59 Å². The highest BCUT2D eigenvalue weighted by molar-refractivity contribution is 5.97. The van der Waals surface area contributed by atoms with Gasteiger partial charge in [0.1, 0.15) is 6.04 Å². The van der Waals surface area contributed by atoms with Crippen LogP contribution in [0.3, 0.4) is 0 Å². The number of benzene rings is 1. The zero-order valence-electron chi connectivity index (χ0n) is 12.4. The fourth-order valence-corrected chi connectivity index (χ4v) is 1.84. The molecule has 0 spiro atoms. The largest absolute Gasteiger partial charge is 0.464 e. The molecule has 0 radical (unpaired) electrons. The summed E-state index contributed by atoms with van der Waals surface area (Å²) in [6.07, 6.45) is 0. The molecule has 1 rings (SSSR count). The van der Waals surface area contributed by atoms with E-state index >= 15 is 0 Å². The monoisotopic (exact) mass is 292 g/mol. The molecule has 2 atom stereocenters. The third kappa shape index (κ3) is 5.25. The van der Waals surface area contributed by atoms with E-state index in [0.717, 1.165) is 0 Å². The van der Waals surface area contributed by atoms with E-state index in [0.29, 0.717) is 5.56 Å². The minimum absolute atomic E-state index is 0.198. The van der Waals surface area contributed by atoms with Crippen molar-refractivity contribution in [3.8, 4) is 0 Å². The number of rotatable bonds is 6. The van der Waals surface area contributed by atoms with Crippen LogP contribution in [0.15, 0.2) is 30.3 Å². The third-order valence-corrected chi connectivity index (χ3v) is 2.79. The Morgan fingerprint density at radius 3 is 2.29 bits per heavy atom. The molecule has 0 aromatic heterocycles. The van der Waals surface area contributed by atoms with Gasteiger partial charge in [0.15, 0.2) is 0 Å². The lowest BCUT2D eigenvalue weighted by Crippen LogP contribution is -2.54. The van der Waals surface area contributed by atoms with E-state index in [1.807, 2.05) is 0 Å². The lowest BCUT2D eigenvalue weighted by molar-refractivity contribution is -0.146. The van der Waals surface area contributed by atoms with Crippen molar-refractivity contribution in [2.75, 3.05) is 6.61 Å². The molecule has 1 aromatic carbocycles. The van der Waals surface area contributed by atoms with Gasteiger partial charge in [-0.25, -0.2) is 4.79 Å². The Hall–Kier alpha value is -2.37. The summed E-state index contributed by atoms with van der Waals surface area (Å²) in [4.78, 5) is 35.2. The summed E-state index contributed by atoms with van der Waals surface area (Å²) in [5.74, 6) is -1.26. The number of carbonyl (C=O) groups is 3. The average Bonchev–Trinajstić information content (AvgIpc) is 2.44. The SMILES string of the molecule is CCOC(=O)[C@@H](NC(=O)c1ccccc1)[C@@H](C)NC(C)=O. The van der Waals surface area contributed by atoms with Crippen LogP contribution in [0.25, 0.3) is 0 Å². The summed E-state index contributed by atoms with van der Waals surface area (Å²) in [7, 11) is 0. The molecule has 0 aliphatic heterocycles. The molecule has 21 heavy (non-hydrogen) atoms. The maximum Gasteiger partial charge on any atom is 0.330 e. The molecular formula is C15H20N2O4. The highest BCUT2D eigenvalue weighted by Gasteiger charge is 2.29. The smallest absolute Gasteiger partial charge is 0.330 e. The molecule has 0 bridgehead atoms. The number of hydrogen-bond acceptors (Lipinski definition) is 4. The summed E-state index contributed by atoms with van der Waals surface area (Å²) in [5, 5.41) is 5.18. The topological polar surface area (TPSA) is 84.5 Å². The molecule has 2 amide bonds. The van der Waals surface area contributed by atoms with E-state index in [1.165, 1.54) is 6.92 Å². The van der Waals surface area contributed by atoms with E-state index < -0.39 is 24.0 Å². The van der Waals surface area contributed by atoms with E-state index in [4.69, 9.17) is 4.74 Å². The molecule has 1 aromatic rings. The van der Waals surface area contributed by atoms with Crippen molar-refractivity contribution in [3.05, 3.63) is 35.9 Å². The van der Waals surface area contributed by atoms with E-state index in [-0.39, 0.29) is 12.5 Å². The Labute approximate surface area is 123 Å². The minimum Gasteiger partial charge on any atom is -0.464 e. The predicted molar refractivity (Wildman–Crippen MR) is 77.6 cm³/mol. The number of nitrogens with one attached hydrogen (secondary N) is 2. The van der Waals surface area contributed by atoms with Crippen molar-refractivity contribution >= 4 is 17.8 Å². The summed E-state index contributed by atoms with van der Waals surface area (Å²) < 4.78 is 4.94. The molecule has 0 heterocycles. The minimum atomic E-state index is -0.943. The summed E-state index contributed by atoms with van der Waals surface area (Å²) in [6, 6.07) is 7.01. The second kappa shape index (κ2) is 8.04. The molecule has 6 heteroatoms. The zero-order valence-corrected chi connectivity index (χ0v) is 12.4.